The lowest BCUT2D eigenvalue weighted by Gasteiger charge is -2.34. The summed E-state index contributed by atoms with van der Waals surface area (Å²) in [5.74, 6) is 0.0475. The first-order chi connectivity index (χ1) is 13.4. The van der Waals surface area contributed by atoms with Gasteiger partial charge in [0.15, 0.2) is 17.9 Å². The highest BCUT2D eigenvalue weighted by atomic mass is 16.5. The number of carbonyl (C=O) groups excluding carboxylic acids is 2. The Hall–Kier alpha value is -2.83. The van der Waals surface area contributed by atoms with Gasteiger partial charge in [-0.25, -0.2) is 9.59 Å². The molecule has 28 heavy (non-hydrogen) atoms. The van der Waals surface area contributed by atoms with Crippen LogP contribution in [0, 0.1) is 11.8 Å². The van der Waals surface area contributed by atoms with Crippen molar-refractivity contribution in [1.29, 1.82) is 0 Å². The number of hydrogen-bond donors (Lipinski definition) is 1. The minimum atomic E-state index is -0.890. The zero-order valence-corrected chi connectivity index (χ0v) is 16.3. The lowest BCUT2D eigenvalue weighted by Crippen LogP contribution is -2.45. The predicted molar refractivity (Wildman–Crippen MR) is 103 cm³/mol. The Morgan fingerprint density at radius 1 is 1.25 bits per heavy atom. The van der Waals surface area contributed by atoms with Gasteiger partial charge in [-0.05, 0) is 30.4 Å². The molecule has 1 heterocycles. The summed E-state index contributed by atoms with van der Waals surface area (Å²) in [5.41, 5.74) is -0.838. The lowest BCUT2D eigenvalue weighted by atomic mass is 9.78. The molecule has 3 rings (SSSR count). The van der Waals surface area contributed by atoms with Crippen LogP contribution in [0.15, 0.2) is 33.5 Å². The van der Waals surface area contributed by atoms with Gasteiger partial charge in [0, 0.05) is 11.4 Å². The number of amides is 1. The first-order valence-corrected chi connectivity index (χ1v) is 9.48. The number of para-hydroxylation sites is 1. The molecule has 2 aromatic rings. The number of ether oxygens (including phenoxy) is 2. The molecule has 1 N–H and O–H groups in total. The molecule has 1 aromatic carbocycles. The van der Waals surface area contributed by atoms with E-state index in [2.05, 4.69) is 19.2 Å². The van der Waals surface area contributed by atoms with Gasteiger partial charge >= 0.3 is 11.6 Å². The number of nitrogens with one attached hydrogen (secondary N) is 1. The maximum Gasteiger partial charge on any atom is 0.351 e. The van der Waals surface area contributed by atoms with Gasteiger partial charge in [-0.1, -0.05) is 38.8 Å². The van der Waals surface area contributed by atoms with E-state index in [0.29, 0.717) is 23.0 Å². The quantitative estimate of drug-likeness (QED) is 0.626. The molecule has 0 unspecified atom stereocenters. The highest BCUT2D eigenvalue weighted by Gasteiger charge is 2.28. The van der Waals surface area contributed by atoms with Crippen molar-refractivity contribution in [1.82, 2.24) is 5.32 Å². The number of benzene rings is 1. The van der Waals surface area contributed by atoms with Crippen molar-refractivity contribution in [3.63, 3.8) is 0 Å². The van der Waals surface area contributed by atoms with Crippen LogP contribution in [0.3, 0.4) is 0 Å². The average molecular weight is 387 g/mol. The summed E-state index contributed by atoms with van der Waals surface area (Å²) in [4.78, 5) is 36.6. The summed E-state index contributed by atoms with van der Waals surface area (Å²) in [6, 6.07) is 6.52. The zero-order chi connectivity index (χ0) is 20.3. The SMILES string of the molecule is COc1cccc2cc(C(=O)OCC(=O)N[C@@H]3CCC[C@@H](C)[C@@H]3C)c(=O)oc12. The van der Waals surface area contributed by atoms with Crippen molar-refractivity contribution >= 4 is 22.8 Å². The van der Waals surface area contributed by atoms with E-state index >= 15 is 0 Å². The highest BCUT2D eigenvalue weighted by Crippen LogP contribution is 2.29. The first kappa shape index (κ1) is 19.9. The van der Waals surface area contributed by atoms with E-state index in [0.717, 1.165) is 19.3 Å². The molecule has 1 saturated carbocycles. The molecule has 1 aromatic heterocycles. The minimum Gasteiger partial charge on any atom is -0.493 e. The largest absolute Gasteiger partial charge is 0.493 e. The Bertz CT molecular complexity index is 934. The van der Waals surface area contributed by atoms with E-state index in [1.165, 1.54) is 13.2 Å². The van der Waals surface area contributed by atoms with Gasteiger partial charge in [0.1, 0.15) is 5.56 Å². The Balaban J connectivity index is 1.65. The first-order valence-electron chi connectivity index (χ1n) is 9.48. The number of esters is 1. The van der Waals surface area contributed by atoms with Gasteiger partial charge in [0.25, 0.3) is 5.91 Å². The van der Waals surface area contributed by atoms with Crippen molar-refractivity contribution in [3.8, 4) is 5.75 Å². The van der Waals surface area contributed by atoms with Crippen LogP contribution in [0.1, 0.15) is 43.5 Å². The summed E-state index contributed by atoms with van der Waals surface area (Å²) >= 11 is 0. The number of fused-ring (bicyclic) bond motifs is 1. The van der Waals surface area contributed by atoms with Gasteiger partial charge < -0.3 is 19.2 Å². The van der Waals surface area contributed by atoms with Crippen molar-refractivity contribution < 1.29 is 23.5 Å². The molecule has 7 heteroatoms. The van der Waals surface area contributed by atoms with E-state index in [9.17, 15) is 14.4 Å². The third-order valence-corrected chi connectivity index (χ3v) is 5.55. The average Bonchev–Trinajstić information content (AvgIpc) is 2.68. The molecule has 1 amide bonds. The molecule has 1 fully saturated rings. The number of carbonyl (C=O) groups is 2. The van der Waals surface area contributed by atoms with Gasteiger partial charge in [-0.3, -0.25) is 4.79 Å². The zero-order valence-electron chi connectivity index (χ0n) is 16.3. The van der Waals surface area contributed by atoms with Crippen LogP contribution in [0.5, 0.6) is 5.75 Å². The third kappa shape index (κ3) is 4.18. The molecular weight excluding hydrogens is 362 g/mol. The van der Waals surface area contributed by atoms with E-state index in [-0.39, 0.29) is 23.1 Å². The maximum absolute atomic E-state index is 12.3. The van der Waals surface area contributed by atoms with E-state index in [1.807, 2.05) is 0 Å². The monoisotopic (exact) mass is 387 g/mol. The Morgan fingerprint density at radius 2 is 2.04 bits per heavy atom. The topological polar surface area (TPSA) is 94.8 Å². The fourth-order valence-electron chi connectivity index (χ4n) is 3.66. The molecule has 1 aliphatic carbocycles. The van der Waals surface area contributed by atoms with Gasteiger partial charge in [0.05, 0.1) is 7.11 Å². The maximum atomic E-state index is 12.3. The molecule has 0 radical (unpaired) electrons. The van der Waals surface area contributed by atoms with Crippen LogP contribution in [0.25, 0.3) is 11.0 Å². The second kappa shape index (κ2) is 8.46. The fourth-order valence-corrected chi connectivity index (χ4v) is 3.66. The molecule has 0 saturated heterocycles. The van der Waals surface area contributed by atoms with Crippen molar-refractivity contribution in [2.24, 2.45) is 11.8 Å². The third-order valence-electron chi connectivity index (χ3n) is 5.55. The second-order valence-corrected chi connectivity index (χ2v) is 7.34. The van der Waals surface area contributed by atoms with Crippen molar-refractivity contribution in [2.45, 2.75) is 39.2 Å². The van der Waals surface area contributed by atoms with E-state index < -0.39 is 18.2 Å². The van der Waals surface area contributed by atoms with Crippen LogP contribution in [-0.2, 0) is 9.53 Å². The summed E-state index contributed by atoms with van der Waals surface area (Å²) < 4.78 is 15.4. The molecule has 7 nitrogen and oxygen atoms in total. The second-order valence-electron chi connectivity index (χ2n) is 7.34. The van der Waals surface area contributed by atoms with Crippen molar-refractivity contribution in [3.05, 3.63) is 40.2 Å². The summed E-state index contributed by atoms with van der Waals surface area (Å²) in [5, 5.41) is 3.46. The molecular formula is C21H25NO6. The number of hydrogen-bond acceptors (Lipinski definition) is 6. The van der Waals surface area contributed by atoms with Crippen LogP contribution < -0.4 is 15.7 Å². The van der Waals surface area contributed by atoms with Crippen molar-refractivity contribution in [2.75, 3.05) is 13.7 Å². The predicted octanol–water partition coefficient (Wildman–Crippen LogP) is 2.90. The molecule has 150 valence electrons. The Morgan fingerprint density at radius 3 is 2.79 bits per heavy atom. The summed E-state index contributed by atoms with van der Waals surface area (Å²) in [7, 11) is 1.46. The Labute approximate surface area is 163 Å². The molecule has 0 spiro atoms. The molecule has 0 bridgehead atoms. The normalized spacial score (nSPS) is 21.9. The fraction of sp³-hybridized carbons (Fsp3) is 0.476. The van der Waals surface area contributed by atoms with Gasteiger partial charge in [0.2, 0.25) is 0 Å². The summed E-state index contributed by atoms with van der Waals surface area (Å²) in [6.45, 7) is 3.86. The van der Waals surface area contributed by atoms with Crippen LogP contribution >= 0.6 is 0 Å². The van der Waals surface area contributed by atoms with Crippen LogP contribution in [0.2, 0.25) is 0 Å². The summed E-state index contributed by atoms with van der Waals surface area (Å²) in [6.07, 6.45) is 3.14. The number of methoxy groups -OCH3 is 1. The van der Waals surface area contributed by atoms with E-state index in [1.54, 1.807) is 18.2 Å². The van der Waals surface area contributed by atoms with E-state index in [4.69, 9.17) is 13.9 Å². The van der Waals surface area contributed by atoms with Gasteiger partial charge in [-0.15, -0.1) is 0 Å². The minimum absolute atomic E-state index is 0.0770. The standard InChI is InChI=1S/C21H25NO6/c1-12-6-4-8-16(13(12)2)22-18(23)11-27-20(24)15-10-14-7-5-9-17(26-3)19(14)28-21(15)25/h5,7,9-10,12-13,16H,4,6,8,11H2,1-3H3,(H,22,23)/t12-,13+,16-/m1/s1. The molecule has 1 aliphatic rings. The van der Waals surface area contributed by atoms with Crippen LogP contribution in [0.4, 0.5) is 0 Å². The molecule has 3 atom stereocenters. The Kier molecular flexibility index (Phi) is 6.02. The lowest BCUT2D eigenvalue weighted by molar-refractivity contribution is -0.125. The number of rotatable bonds is 5. The highest BCUT2D eigenvalue weighted by molar-refractivity contribution is 5.95. The molecule has 0 aliphatic heterocycles. The smallest absolute Gasteiger partial charge is 0.351 e. The van der Waals surface area contributed by atoms with Crippen LogP contribution in [-0.4, -0.2) is 31.6 Å². The van der Waals surface area contributed by atoms with Gasteiger partial charge in [-0.2, -0.15) is 0 Å².